The van der Waals surface area contributed by atoms with Gasteiger partial charge < -0.3 is 9.30 Å². The third-order valence-corrected chi connectivity index (χ3v) is 5.14. The number of benzene rings is 2. The maximum Gasteiger partial charge on any atom is 0.325 e. The second kappa shape index (κ2) is 7.75. The first kappa shape index (κ1) is 19.5. The lowest BCUT2D eigenvalue weighted by Gasteiger charge is -2.05. The van der Waals surface area contributed by atoms with Crippen LogP contribution in [-0.2, 0) is 16.1 Å². The summed E-state index contributed by atoms with van der Waals surface area (Å²) in [5.74, 6) is -3.08. The molecular weight excluding hydrogens is 421 g/mol. The fourth-order valence-electron chi connectivity index (χ4n) is 2.36. The van der Waals surface area contributed by atoms with Crippen molar-refractivity contribution in [2.75, 3.05) is 7.11 Å². The summed E-state index contributed by atoms with van der Waals surface area (Å²) in [5.41, 5.74) is 0.0235. The van der Waals surface area contributed by atoms with Crippen molar-refractivity contribution in [3.63, 3.8) is 0 Å². The smallest absolute Gasteiger partial charge is 0.325 e. The van der Waals surface area contributed by atoms with Gasteiger partial charge in [0.15, 0.2) is 10.6 Å². The molecule has 0 spiro atoms. The van der Waals surface area contributed by atoms with Crippen LogP contribution in [0.2, 0.25) is 10.0 Å². The number of hydrogen-bond acceptors (Lipinski definition) is 4. The Kier molecular flexibility index (Phi) is 5.59. The molecule has 0 unspecified atom stereocenters. The van der Waals surface area contributed by atoms with Crippen molar-refractivity contribution >= 4 is 56.6 Å². The summed E-state index contributed by atoms with van der Waals surface area (Å²) in [7, 11) is 1.17. The molecule has 0 N–H and O–H groups in total. The maximum absolute atomic E-state index is 14.3. The molecular formula is C17H10Cl2F2N2O3S. The monoisotopic (exact) mass is 430 g/mol. The Morgan fingerprint density at radius 3 is 2.63 bits per heavy atom. The van der Waals surface area contributed by atoms with Crippen LogP contribution in [0.3, 0.4) is 0 Å². The van der Waals surface area contributed by atoms with Crippen molar-refractivity contribution in [3.8, 4) is 0 Å². The highest BCUT2D eigenvalue weighted by atomic mass is 35.5. The molecule has 0 radical (unpaired) electrons. The van der Waals surface area contributed by atoms with Crippen LogP contribution in [-0.4, -0.2) is 23.6 Å². The van der Waals surface area contributed by atoms with E-state index >= 15 is 0 Å². The summed E-state index contributed by atoms with van der Waals surface area (Å²) in [6.45, 7) is -0.403. The first-order valence-corrected chi connectivity index (χ1v) is 8.96. The minimum atomic E-state index is -0.886. The number of amides is 1. The molecule has 0 saturated carbocycles. The van der Waals surface area contributed by atoms with Crippen LogP contribution in [0.15, 0.2) is 35.3 Å². The molecule has 1 heterocycles. The Morgan fingerprint density at radius 1 is 1.22 bits per heavy atom. The highest BCUT2D eigenvalue weighted by Crippen LogP contribution is 2.24. The van der Waals surface area contributed by atoms with Gasteiger partial charge in [-0.05, 0) is 24.3 Å². The van der Waals surface area contributed by atoms with Crippen molar-refractivity contribution in [1.82, 2.24) is 4.57 Å². The predicted octanol–water partition coefficient (Wildman–Crippen LogP) is 4.20. The fraction of sp³-hybridized carbons (Fsp3) is 0.118. The molecule has 0 atom stereocenters. The zero-order valence-corrected chi connectivity index (χ0v) is 16.0. The van der Waals surface area contributed by atoms with E-state index in [1.165, 1.54) is 25.3 Å². The Hall–Kier alpha value is -2.29. The van der Waals surface area contributed by atoms with Gasteiger partial charge in [-0.2, -0.15) is 4.99 Å². The summed E-state index contributed by atoms with van der Waals surface area (Å²) in [5, 5.41) is 0.436. The number of thiazole rings is 1. The van der Waals surface area contributed by atoms with Gasteiger partial charge in [-0.3, -0.25) is 9.59 Å². The molecule has 0 bridgehead atoms. The molecule has 27 heavy (non-hydrogen) atoms. The predicted molar refractivity (Wildman–Crippen MR) is 98.1 cm³/mol. The van der Waals surface area contributed by atoms with Crippen molar-refractivity contribution < 1.29 is 23.1 Å². The van der Waals surface area contributed by atoms with Gasteiger partial charge in [0.1, 0.15) is 12.4 Å². The Bertz CT molecular complexity index is 1140. The molecule has 1 aromatic heterocycles. The van der Waals surface area contributed by atoms with Gasteiger partial charge >= 0.3 is 5.97 Å². The van der Waals surface area contributed by atoms with Gasteiger partial charge in [0.25, 0.3) is 5.91 Å². The van der Waals surface area contributed by atoms with Crippen LogP contribution in [0.1, 0.15) is 10.4 Å². The van der Waals surface area contributed by atoms with Gasteiger partial charge in [-0.1, -0.05) is 34.5 Å². The number of hydrogen-bond donors (Lipinski definition) is 0. The number of ether oxygens (including phenoxy) is 1. The van der Waals surface area contributed by atoms with Crippen LogP contribution < -0.4 is 4.80 Å². The first-order valence-electron chi connectivity index (χ1n) is 7.39. The van der Waals surface area contributed by atoms with E-state index in [9.17, 15) is 18.4 Å². The van der Waals surface area contributed by atoms with E-state index in [2.05, 4.69) is 9.73 Å². The molecule has 5 nitrogen and oxygen atoms in total. The summed E-state index contributed by atoms with van der Waals surface area (Å²) < 4.78 is 33.7. The molecule has 0 aliphatic heterocycles. The number of fused-ring (bicyclic) bond motifs is 1. The maximum atomic E-state index is 14.3. The number of aromatic nitrogens is 1. The van der Waals surface area contributed by atoms with E-state index in [1.807, 2.05) is 0 Å². The van der Waals surface area contributed by atoms with Gasteiger partial charge in [-0.25, -0.2) is 8.78 Å². The van der Waals surface area contributed by atoms with Crippen LogP contribution in [0.4, 0.5) is 8.78 Å². The lowest BCUT2D eigenvalue weighted by Crippen LogP contribution is -2.23. The average Bonchev–Trinajstić information content (AvgIpc) is 2.91. The van der Waals surface area contributed by atoms with Crippen molar-refractivity contribution in [2.24, 2.45) is 4.99 Å². The largest absolute Gasteiger partial charge is 0.468 e. The third-order valence-electron chi connectivity index (χ3n) is 3.57. The van der Waals surface area contributed by atoms with Gasteiger partial charge in [0.2, 0.25) is 0 Å². The highest BCUT2D eigenvalue weighted by Gasteiger charge is 2.17. The quantitative estimate of drug-likeness (QED) is 0.584. The molecule has 1 amide bonds. The standard InChI is InChI=1S/C17H10Cl2F2N2O3S/c1-26-14(24)7-23-15-12(21)5-9(20)6-13(15)27-17(23)22-16(25)10-3-2-8(18)4-11(10)19/h2-6H,7H2,1H3. The van der Waals surface area contributed by atoms with Crippen molar-refractivity contribution in [1.29, 1.82) is 0 Å². The molecule has 0 aliphatic rings. The lowest BCUT2D eigenvalue weighted by molar-refractivity contribution is -0.141. The van der Waals surface area contributed by atoms with Gasteiger partial charge in [0, 0.05) is 11.1 Å². The molecule has 3 aromatic rings. The molecule has 3 rings (SSSR count). The minimum absolute atomic E-state index is 0.00378. The normalized spacial score (nSPS) is 11.8. The van der Waals surface area contributed by atoms with E-state index in [1.54, 1.807) is 0 Å². The van der Waals surface area contributed by atoms with E-state index in [0.717, 1.165) is 22.0 Å². The number of halogens is 4. The van der Waals surface area contributed by atoms with Crippen LogP contribution in [0, 0.1) is 11.6 Å². The van der Waals surface area contributed by atoms with E-state index < -0.39 is 30.1 Å². The lowest BCUT2D eigenvalue weighted by atomic mass is 10.2. The molecule has 0 fully saturated rings. The summed E-state index contributed by atoms with van der Waals surface area (Å²) in [6, 6.07) is 6.03. The van der Waals surface area contributed by atoms with E-state index in [-0.39, 0.29) is 25.6 Å². The number of rotatable bonds is 3. The number of esters is 1. The molecule has 0 saturated heterocycles. The molecule has 0 aliphatic carbocycles. The number of nitrogens with zero attached hydrogens (tertiary/aromatic N) is 2. The van der Waals surface area contributed by atoms with Crippen molar-refractivity contribution in [3.05, 3.63) is 62.4 Å². The Labute approximate surface area is 165 Å². The second-order valence-corrected chi connectivity index (χ2v) is 7.18. The molecule has 140 valence electrons. The Balaban J connectivity index is 2.21. The minimum Gasteiger partial charge on any atom is -0.468 e. The summed E-state index contributed by atoms with van der Waals surface area (Å²) in [6.07, 6.45) is 0. The average molecular weight is 431 g/mol. The summed E-state index contributed by atoms with van der Waals surface area (Å²) >= 11 is 12.7. The molecule has 2 aromatic carbocycles. The third kappa shape index (κ3) is 4.02. The van der Waals surface area contributed by atoms with E-state index in [4.69, 9.17) is 23.2 Å². The second-order valence-electron chi connectivity index (χ2n) is 5.32. The van der Waals surface area contributed by atoms with Crippen molar-refractivity contribution in [2.45, 2.75) is 6.54 Å². The van der Waals surface area contributed by atoms with Crippen LogP contribution >= 0.6 is 34.5 Å². The molecule has 10 heteroatoms. The highest BCUT2D eigenvalue weighted by molar-refractivity contribution is 7.16. The Morgan fingerprint density at radius 2 is 1.96 bits per heavy atom. The van der Waals surface area contributed by atoms with Gasteiger partial charge in [-0.15, -0.1) is 0 Å². The van der Waals surface area contributed by atoms with E-state index in [0.29, 0.717) is 11.1 Å². The fourth-order valence-corrected chi connectivity index (χ4v) is 3.92. The SMILES string of the molecule is COC(=O)Cn1c(=NC(=O)c2ccc(Cl)cc2Cl)sc2cc(F)cc(F)c21. The topological polar surface area (TPSA) is 60.7 Å². The zero-order chi connectivity index (χ0) is 19.7. The number of carbonyl (C=O) groups is 2. The number of carbonyl (C=O) groups excluding carboxylic acids is 2. The first-order chi connectivity index (χ1) is 12.8. The van der Waals surface area contributed by atoms with Crippen LogP contribution in [0.25, 0.3) is 10.2 Å². The zero-order valence-electron chi connectivity index (χ0n) is 13.6. The van der Waals surface area contributed by atoms with Crippen LogP contribution in [0.5, 0.6) is 0 Å². The summed E-state index contributed by atoms with van der Waals surface area (Å²) in [4.78, 5) is 28.1. The van der Waals surface area contributed by atoms with Gasteiger partial charge in [0.05, 0.1) is 27.9 Å². The number of methoxy groups -OCH3 is 1.